The molecule has 0 saturated carbocycles. The van der Waals surface area contributed by atoms with Crippen LogP contribution in [-0.2, 0) is 10.8 Å². The first-order valence-electron chi connectivity index (χ1n) is 7.87. The van der Waals surface area contributed by atoms with Crippen molar-refractivity contribution in [1.82, 2.24) is 0 Å². The van der Waals surface area contributed by atoms with Crippen LogP contribution in [0, 0.1) is 0 Å². The smallest absolute Gasteiger partial charge is 0.184 e. The molecule has 0 aromatic heterocycles. The van der Waals surface area contributed by atoms with Crippen molar-refractivity contribution < 1.29 is 4.43 Å². The van der Waals surface area contributed by atoms with Crippen LogP contribution in [-0.4, -0.2) is 21.0 Å². The van der Waals surface area contributed by atoms with Crippen molar-refractivity contribution in [1.29, 1.82) is 0 Å². The number of hydrogen-bond acceptors (Lipinski definition) is 3. The zero-order valence-electron chi connectivity index (χ0n) is 13.8. The van der Waals surface area contributed by atoms with E-state index in [0.29, 0.717) is 0 Å². The second-order valence-electron chi connectivity index (χ2n) is 6.79. The number of fused-ring (bicyclic) bond motifs is 1. The van der Waals surface area contributed by atoms with Gasteiger partial charge in [0.2, 0.25) is 0 Å². The summed E-state index contributed by atoms with van der Waals surface area (Å²) in [7, 11) is -1.55. The summed E-state index contributed by atoms with van der Waals surface area (Å²) in [5.74, 6) is 0. The van der Waals surface area contributed by atoms with Crippen molar-refractivity contribution in [2.45, 2.75) is 37.1 Å². The molecule has 2 nitrogen and oxygen atoms in total. The van der Waals surface area contributed by atoms with Gasteiger partial charge < -0.3 is 8.73 Å². The van der Waals surface area contributed by atoms with Crippen molar-refractivity contribution in [2.24, 2.45) is 0 Å². The summed E-state index contributed by atoms with van der Waals surface area (Å²) in [6.07, 6.45) is 1.26. The van der Waals surface area contributed by atoms with Gasteiger partial charge in [-0.25, -0.2) is 0 Å². The van der Waals surface area contributed by atoms with Gasteiger partial charge in [-0.1, -0.05) is 29.8 Å². The molecule has 0 bridgehead atoms. The molecule has 1 heterocycles. The van der Waals surface area contributed by atoms with Gasteiger partial charge >= 0.3 is 0 Å². The summed E-state index contributed by atoms with van der Waals surface area (Å²) < 4.78 is 8.74. The Hall–Kier alpha value is -0.943. The van der Waals surface area contributed by atoms with Crippen LogP contribution in [0.1, 0.15) is 5.56 Å². The van der Waals surface area contributed by atoms with Crippen LogP contribution in [0.2, 0.25) is 24.7 Å². The number of anilines is 1. The Morgan fingerprint density at radius 2 is 1.78 bits per heavy atom. The van der Waals surface area contributed by atoms with Crippen molar-refractivity contribution in [3.05, 3.63) is 59.1 Å². The van der Waals surface area contributed by atoms with Crippen LogP contribution in [0.5, 0.6) is 0 Å². The Bertz CT molecular complexity index is 671. The molecule has 5 heteroatoms. The van der Waals surface area contributed by atoms with Gasteiger partial charge in [0, 0.05) is 16.3 Å². The molecule has 122 valence electrons. The molecule has 0 aliphatic carbocycles. The molecule has 1 atom stereocenters. The van der Waals surface area contributed by atoms with Gasteiger partial charge in [-0.15, -0.1) is 0 Å². The molecule has 1 unspecified atom stereocenters. The third-order valence-electron chi connectivity index (χ3n) is 3.63. The maximum absolute atomic E-state index is 6.39. The lowest BCUT2D eigenvalue weighted by atomic mass is 10.0. The minimum absolute atomic E-state index is 0.261. The Morgan fingerprint density at radius 3 is 2.48 bits per heavy atom. The van der Waals surface area contributed by atoms with E-state index in [0.717, 1.165) is 18.0 Å². The monoisotopic (exact) mass is 363 g/mol. The molecule has 2 aromatic rings. The van der Waals surface area contributed by atoms with Gasteiger partial charge in [0.15, 0.2) is 8.32 Å². The van der Waals surface area contributed by atoms with Crippen LogP contribution >= 0.6 is 23.5 Å². The molecule has 0 radical (unpaired) electrons. The minimum atomic E-state index is -1.55. The normalized spacial score (nSPS) is 17.9. The topological polar surface area (TPSA) is 12.5 Å². The molecular formula is C18H22ClNOSSi. The van der Waals surface area contributed by atoms with Crippen LogP contribution < -0.4 is 4.31 Å². The minimum Gasteiger partial charge on any atom is -0.413 e. The fourth-order valence-electron chi connectivity index (χ4n) is 2.81. The van der Waals surface area contributed by atoms with E-state index in [2.05, 4.69) is 60.3 Å². The number of hydrogen-bond donors (Lipinski definition) is 0. The van der Waals surface area contributed by atoms with Gasteiger partial charge in [-0.05, 0) is 67.5 Å². The van der Waals surface area contributed by atoms with E-state index in [1.807, 2.05) is 12.1 Å². The van der Waals surface area contributed by atoms with E-state index in [-0.39, 0.29) is 6.10 Å². The Labute approximate surface area is 149 Å². The number of nitrogens with zero attached hydrogens (tertiary/aromatic N) is 1. The van der Waals surface area contributed by atoms with E-state index >= 15 is 0 Å². The Balaban J connectivity index is 1.83. The standard InChI is InChI=1S/C18H22ClNOSSi/c1-23(2,3)21-16-12-14-6-4-5-7-18(14)20(13-16)22-17-10-8-15(19)9-11-17/h4-11,16H,12-13H2,1-3H3. The SMILES string of the molecule is C[Si](C)(C)OC1Cc2ccccc2N(Sc2ccc(Cl)cc2)C1. The highest BCUT2D eigenvalue weighted by molar-refractivity contribution is 8.00. The molecule has 1 aliphatic rings. The van der Waals surface area contributed by atoms with Crippen LogP contribution in [0.4, 0.5) is 5.69 Å². The van der Waals surface area contributed by atoms with Crippen molar-refractivity contribution in [3.8, 4) is 0 Å². The lowest BCUT2D eigenvalue weighted by molar-refractivity contribution is 0.200. The van der Waals surface area contributed by atoms with Crippen LogP contribution in [0.15, 0.2) is 53.4 Å². The van der Waals surface area contributed by atoms with Gasteiger partial charge in [0.05, 0.1) is 18.3 Å². The van der Waals surface area contributed by atoms with E-state index in [1.165, 1.54) is 16.1 Å². The van der Waals surface area contributed by atoms with Crippen LogP contribution in [0.3, 0.4) is 0 Å². The Kier molecular flexibility index (Phi) is 5.06. The first-order chi connectivity index (χ1) is 10.9. The maximum atomic E-state index is 6.39. The quantitative estimate of drug-likeness (QED) is 0.516. The molecule has 1 aliphatic heterocycles. The van der Waals surface area contributed by atoms with Gasteiger partial charge in [0.25, 0.3) is 0 Å². The first-order valence-corrected chi connectivity index (χ1v) is 12.4. The third-order valence-corrected chi connectivity index (χ3v) is 5.97. The zero-order valence-corrected chi connectivity index (χ0v) is 16.3. The fourth-order valence-corrected chi connectivity index (χ4v) is 5.12. The second-order valence-corrected chi connectivity index (χ2v) is 12.8. The summed E-state index contributed by atoms with van der Waals surface area (Å²) in [6, 6.07) is 16.6. The molecule has 23 heavy (non-hydrogen) atoms. The lowest BCUT2D eigenvalue weighted by Crippen LogP contribution is -2.42. The number of halogens is 1. The maximum Gasteiger partial charge on any atom is 0.184 e. The third kappa shape index (κ3) is 4.54. The molecule has 0 N–H and O–H groups in total. The van der Waals surface area contributed by atoms with E-state index in [4.69, 9.17) is 16.0 Å². The zero-order chi connectivity index (χ0) is 16.4. The second kappa shape index (κ2) is 6.89. The molecule has 0 fully saturated rings. The number of rotatable bonds is 4. The summed E-state index contributed by atoms with van der Waals surface area (Å²) in [5, 5.41) is 0.772. The predicted molar refractivity (Wildman–Crippen MR) is 103 cm³/mol. The van der Waals surface area contributed by atoms with Crippen molar-refractivity contribution >= 4 is 37.6 Å². The molecule has 0 saturated heterocycles. The highest BCUT2D eigenvalue weighted by atomic mass is 35.5. The van der Waals surface area contributed by atoms with Crippen LogP contribution in [0.25, 0.3) is 0 Å². The lowest BCUT2D eigenvalue weighted by Gasteiger charge is -2.37. The number of para-hydroxylation sites is 1. The summed E-state index contributed by atoms with van der Waals surface area (Å²) in [6.45, 7) is 7.67. The van der Waals surface area contributed by atoms with E-state index in [1.54, 1.807) is 11.9 Å². The molecule has 0 amide bonds. The molecule has 3 rings (SSSR count). The average Bonchev–Trinajstić information content (AvgIpc) is 2.48. The van der Waals surface area contributed by atoms with Crippen molar-refractivity contribution in [2.75, 3.05) is 10.8 Å². The average molecular weight is 364 g/mol. The fraction of sp³-hybridized carbons (Fsp3) is 0.333. The summed E-state index contributed by atoms with van der Waals surface area (Å²) >= 11 is 7.75. The first kappa shape index (κ1) is 16.9. The van der Waals surface area contributed by atoms with Gasteiger partial charge in [-0.2, -0.15) is 0 Å². The van der Waals surface area contributed by atoms with Crippen molar-refractivity contribution in [3.63, 3.8) is 0 Å². The highest BCUT2D eigenvalue weighted by Gasteiger charge is 2.29. The van der Waals surface area contributed by atoms with E-state index < -0.39 is 8.32 Å². The van der Waals surface area contributed by atoms with Gasteiger partial charge in [-0.3, -0.25) is 0 Å². The van der Waals surface area contributed by atoms with E-state index in [9.17, 15) is 0 Å². The number of benzene rings is 2. The predicted octanol–water partition coefficient (Wildman–Crippen LogP) is 5.63. The van der Waals surface area contributed by atoms with Gasteiger partial charge in [0.1, 0.15) is 0 Å². The molecular weight excluding hydrogens is 342 g/mol. The summed E-state index contributed by atoms with van der Waals surface area (Å²) in [4.78, 5) is 1.19. The largest absolute Gasteiger partial charge is 0.413 e. The highest BCUT2D eigenvalue weighted by Crippen LogP contribution is 2.36. The summed E-state index contributed by atoms with van der Waals surface area (Å²) in [5.41, 5.74) is 2.66. The molecule has 0 spiro atoms. The Morgan fingerprint density at radius 1 is 1.09 bits per heavy atom. The molecule has 2 aromatic carbocycles.